The van der Waals surface area contributed by atoms with Crippen LogP contribution in [0.15, 0.2) is 11.1 Å². The molecule has 1 heterocycles. The zero-order valence-electron chi connectivity index (χ0n) is 18.9. The SMILES string of the molecule is CC.COC12CC(=O)C(C)=C(C(O)C(=O)C3CCC4OCC4C3C1)C2(C)C.O=CO. The summed E-state index contributed by atoms with van der Waals surface area (Å²) in [5.74, 6) is 0.153. The lowest BCUT2D eigenvalue weighted by Gasteiger charge is -2.58. The smallest absolute Gasteiger partial charge is 0.290 e. The molecule has 2 N–H and O–H groups in total. The van der Waals surface area contributed by atoms with Crippen LogP contribution in [0.5, 0.6) is 0 Å². The van der Waals surface area contributed by atoms with E-state index >= 15 is 0 Å². The molecule has 30 heavy (non-hydrogen) atoms. The number of hydrogen-bond donors (Lipinski definition) is 2. The number of aliphatic hydroxyl groups is 1. The minimum absolute atomic E-state index is 0.0151. The normalized spacial score (nSPS) is 38.8. The van der Waals surface area contributed by atoms with Gasteiger partial charge in [0.2, 0.25) is 0 Å². The van der Waals surface area contributed by atoms with Crippen molar-refractivity contribution in [1.29, 1.82) is 0 Å². The number of fused-ring (bicyclic) bond motifs is 5. The summed E-state index contributed by atoms with van der Waals surface area (Å²) in [5.41, 5.74) is -0.142. The molecule has 0 radical (unpaired) electrons. The van der Waals surface area contributed by atoms with Crippen LogP contribution in [0.3, 0.4) is 0 Å². The van der Waals surface area contributed by atoms with Gasteiger partial charge in [-0.25, -0.2) is 0 Å². The molecule has 0 aromatic heterocycles. The van der Waals surface area contributed by atoms with Crippen molar-refractivity contribution in [2.45, 2.75) is 78.1 Å². The molecule has 3 fully saturated rings. The van der Waals surface area contributed by atoms with E-state index in [1.807, 2.05) is 27.7 Å². The second-order valence-corrected chi connectivity index (χ2v) is 8.96. The fourth-order valence-electron chi connectivity index (χ4n) is 6.03. The second kappa shape index (κ2) is 9.28. The molecular weight excluding hydrogens is 388 g/mol. The Morgan fingerprint density at radius 1 is 1.17 bits per heavy atom. The van der Waals surface area contributed by atoms with Crippen LogP contribution in [0.25, 0.3) is 0 Å². The van der Waals surface area contributed by atoms with Gasteiger partial charge in [0.1, 0.15) is 6.10 Å². The number of methoxy groups -OCH3 is 1. The Bertz CT molecular complexity index is 710. The number of aliphatic hydroxyl groups excluding tert-OH is 1. The van der Waals surface area contributed by atoms with Crippen LogP contribution in [0, 0.1) is 23.2 Å². The average Bonchev–Trinajstić information content (AvgIpc) is 2.68. The number of rotatable bonds is 1. The van der Waals surface area contributed by atoms with Gasteiger partial charge in [0.15, 0.2) is 11.6 Å². The highest BCUT2D eigenvalue weighted by Gasteiger charge is 2.61. The summed E-state index contributed by atoms with van der Waals surface area (Å²) in [6, 6.07) is 0. The summed E-state index contributed by atoms with van der Waals surface area (Å²) < 4.78 is 11.7. The Morgan fingerprint density at radius 3 is 2.27 bits per heavy atom. The Hall–Kier alpha value is -1.57. The maximum absolute atomic E-state index is 13.2. The number of Topliss-reactive ketones (excluding diaryl/α,β-unsaturated/α-hetero) is 2. The van der Waals surface area contributed by atoms with Crippen molar-refractivity contribution in [3.8, 4) is 0 Å². The number of ketones is 2. The van der Waals surface area contributed by atoms with Crippen LogP contribution in [0.1, 0.15) is 60.3 Å². The van der Waals surface area contributed by atoms with Gasteiger partial charge in [0, 0.05) is 30.8 Å². The van der Waals surface area contributed by atoms with Crippen LogP contribution >= 0.6 is 0 Å². The molecule has 0 amide bonds. The number of hydrogen-bond acceptors (Lipinski definition) is 6. The molecule has 7 heteroatoms. The molecule has 2 bridgehead atoms. The van der Waals surface area contributed by atoms with Crippen molar-refractivity contribution in [1.82, 2.24) is 0 Å². The van der Waals surface area contributed by atoms with Gasteiger partial charge >= 0.3 is 0 Å². The van der Waals surface area contributed by atoms with Gasteiger partial charge in [-0.15, -0.1) is 0 Å². The summed E-state index contributed by atoms with van der Waals surface area (Å²) in [7, 11) is 1.66. The molecule has 0 spiro atoms. The number of carboxylic acid groups (broad SMARTS) is 1. The van der Waals surface area contributed by atoms with E-state index in [1.165, 1.54) is 0 Å². The van der Waals surface area contributed by atoms with Crippen LogP contribution in [0.4, 0.5) is 0 Å². The number of carbonyl (C=O) groups is 3. The molecule has 6 atom stereocenters. The number of carbonyl (C=O) groups excluding carboxylic acids is 2. The Morgan fingerprint density at radius 2 is 1.77 bits per heavy atom. The number of allylic oxidation sites excluding steroid dienone is 1. The first-order chi connectivity index (χ1) is 14.1. The monoisotopic (exact) mass is 424 g/mol. The maximum atomic E-state index is 13.2. The minimum atomic E-state index is -1.21. The summed E-state index contributed by atoms with van der Waals surface area (Å²) in [6.07, 6.45) is 1.63. The molecule has 4 aliphatic rings. The summed E-state index contributed by atoms with van der Waals surface area (Å²) >= 11 is 0. The predicted molar refractivity (Wildman–Crippen MR) is 111 cm³/mol. The first-order valence-electron chi connectivity index (χ1n) is 10.9. The maximum Gasteiger partial charge on any atom is 0.290 e. The van der Waals surface area contributed by atoms with E-state index in [-0.39, 0.29) is 36.0 Å². The van der Waals surface area contributed by atoms with E-state index in [1.54, 1.807) is 14.0 Å². The lowest BCUT2D eigenvalue weighted by atomic mass is 9.51. The molecule has 4 rings (SSSR count). The van der Waals surface area contributed by atoms with Gasteiger partial charge in [-0.1, -0.05) is 27.7 Å². The van der Waals surface area contributed by atoms with Gasteiger partial charge in [0.25, 0.3) is 6.47 Å². The van der Waals surface area contributed by atoms with Crippen molar-refractivity contribution in [3.05, 3.63) is 11.1 Å². The Balaban J connectivity index is 0.000000590. The first-order valence-corrected chi connectivity index (χ1v) is 10.9. The molecular formula is C23H36O7. The molecule has 3 aliphatic carbocycles. The Kier molecular flexibility index (Phi) is 7.64. The van der Waals surface area contributed by atoms with Crippen LogP contribution in [-0.4, -0.2) is 59.8 Å². The molecule has 1 saturated heterocycles. The highest BCUT2D eigenvalue weighted by molar-refractivity contribution is 6.01. The second-order valence-electron chi connectivity index (χ2n) is 8.96. The van der Waals surface area contributed by atoms with E-state index in [0.717, 1.165) is 12.8 Å². The molecule has 1 aliphatic heterocycles. The van der Waals surface area contributed by atoms with E-state index in [2.05, 4.69) is 0 Å². The highest BCUT2D eigenvalue weighted by atomic mass is 16.5. The zero-order chi connectivity index (χ0) is 22.9. The minimum Gasteiger partial charge on any atom is -0.483 e. The predicted octanol–water partition coefficient (Wildman–Crippen LogP) is 2.79. The van der Waals surface area contributed by atoms with E-state index in [9.17, 15) is 14.7 Å². The van der Waals surface area contributed by atoms with Crippen molar-refractivity contribution in [2.24, 2.45) is 23.2 Å². The van der Waals surface area contributed by atoms with Crippen molar-refractivity contribution in [3.63, 3.8) is 0 Å². The molecule has 2 saturated carbocycles. The van der Waals surface area contributed by atoms with Crippen LogP contribution < -0.4 is 0 Å². The van der Waals surface area contributed by atoms with Crippen LogP contribution in [0.2, 0.25) is 0 Å². The summed E-state index contributed by atoms with van der Waals surface area (Å²) in [5, 5.41) is 17.9. The quantitative estimate of drug-likeness (QED) is 0.623. The summed E-state index contributed by atoms with van der Waals surface area (Å²) in [4.78, 5) is 34.2. The van der Waals surface area contributed by atoms with Gasteiger partial charge in [0.05, 0.1) is 18.3 Å². The highest BCUT2D eigenvalue weighted by Crippen LogP contribution is 2.58. The molecule has 6 unspecified atom stereocenters. The number of ether oxygens (including phenoxy) is 2. The van der Waals surface area contributed by atoms with E-state index in [0.29, 0.717) is 36.5 Å². The topological polar surface area (TPSA) is 110 Å². The third-order valence-corrected chi connectivity index (χ3v) is 7.75. The van der Waals surface area contributed by atoms with Gasteiger partial charge in [-0.3, -0.25) is 14.4 Å². The van der Waals surface area contributed by atoms with Gasteiger partial charge in [-0.05, 0) is 43.3 Å². The fourth-order valence-corrected chi connectivity index (χ4v) is 6.03. The third-order valence-electron chi connectivity index (χ3n) is 7.75. The largest absolute Gasteiger partial charge is 0.483 e. The van der Waals surface area contributed by atoms with Gasteiger partial charge < -0.3 is 19.7 Å². The van der Waals surface area contributed by atoms with Crippen molar-refractivity contribution in [2.75, 3.05) is 13.7 Å². The van der Waals surface area contributed by atoms with Crippen molar-refractivity contribution < 1.29 is 34.1 Å². The first kappa shape index (κ1) is 24.7. The van der Waals surface area contributed by atoms with Gasteiger partial charge in [-0.2, -0.15) is 0 Å². The van der Waals surface area contributed by atoms with Crippen LogP contribution in [-0.2, 0) is 23.9 Å². The Labute approximate surface area is 178 Å². The lowest BCUT2D eigenvalue weighted by Crippen LogP contribution is -2.63. The molecule has 7 nitrogen and oxygen atoms in total. The van der Waals surface area contributed by atoms with Crippen molar-refractivity contribution >= 4 is 18.0 Å². The third kappa shape index (κ3) is 3.65. The molecule has 170 valence electrons. The van der Waals surface area contributed by atoms with E-state index < -0.39 is 17.1 Å². The standard InChI is InChI=1S/C20H28O5.C2H6.CH2O2/c1-10-14(21)8-20(24-4)7-12-11(5-6-15-13(12)9-25-15)17(22)18(23)16(10)19(20,2)3;1-2;2-1-3/h11-13,15,18,23H,5-9H2,1-4H3;1-2H3;1H,(H,2,3). The lowest BCUT2D eigenvalue weighted by molar-refractivity contribution is -0.203. The van der Waals surface area contributed by atoms with E-state index in [4.69, 9.17) is 19.4 Å². The fraction of sp³-hybridized carbons (Fsp3) is 0.783. The zero-order valence-corrected chi connectivity index (χ0v) is 18.9. The summed E-state index contributed by atoms with van der Waals surface area (Å²) in [6.45, 7) is 10.2. The molecule has 0 aromatic carbocycles. The molecule has 0 aromatic rings. The average molecular weight is 425 g/mol.